The normalized spacial score (nSPS) is 20.3. The zero-order valence-corrected chi connectivity index (χ0v) is 16.1. The van der Waals surface area contributed by atoms with Crippen LogP contribution in [0.3, 0.4) is 0 Å². The maximum Gasteiger partial charge on any atom is 0.255 e. The van der Waals surface area contributed by atoms with Crippen molar-refractivity contribution in [2.24, 2.45) is 5.41 Å². The second-order valence-corrected chi connectivity index (χ2v) is 8.35. The number of nitrogens with one attached hydrogen (secondary N) is 1. The van der Waals surface area contributed by atoms with Crippen LogP contribution in [0.2, 0.25) is 0 Å². The third-order valence-corrected chi connectivity index (χ3v) is 6.69. The van der Waals surface area contributed by atoms with Gasteiger partial charge >= 0.3 is 0 Å². The van der Waals surface area contributed by atoms with E-state index in [1.807, 2.05) is 21.2 Å². The molecule has 27 heavy (non-hydrogen) atoms. The molecule has 1 saturated heterocycles. The highest BCUT2D eigenvalue weighted by atomic mass is 32.1. The Morgan fingerprint density at radius 1 is 1.44 bits per heavy atom. The molecular weight excluding hydrogens is 360 g/mol. The highest BCUT2D eigenvalue weighted by molar-refractivity contribution is 7.07. The lowest BCUT2D eigenvalue weighted by Crippen LogP contribution is -2.42. The average molecular weight is 382 g/mol. The minimum Gasteiger partial charge on any atom is -0.352 e. The quantitative estimate of drug-likeness (QED) is 0.883. The third-order valence-electron chi connectivity index (χ3n) is 5.96. The Hall–Kier alpha value is -2.59. The number of hydrogen-bond donors (Lipinski definition) is 1. The first-order chi connectivity index (χ1) is 13.0. The Kier molecular flexibility index (Phi) is 4.52. The number of carbonyl (C=O) groups is 2. The summed E-state index contributed by atoms with van der Waals surface area (Å²) in [6.45, 7) is 3.73. The number of carbonyl (C=O) groups excluding carboxylic acids is 2. The zero-order valence-electron chi connectivity index (χ0n) is 15.3. The van der Waals surface area contributed by atoms with Crippen LogP contribution in [0.15, 0.2) is 29.1 Å². The van der Waals surface area contributed by atoms with E-state index < -0.39 is 0 Å². The number of likely N-dealkylation sites (tertiary alicyclic amines) is 1. The van der Waals surface area contributed by atoms with Gasteiger partial charge in [0, 0.05) is 38.8 Å². The fraction of sp³-hybridized carbons (Fsp3) is 0.450. The van der Waals surface area contributed by atoms with E-state index in [2.05, 4.69) is 16.4 Å². The maximum atomic E-state index is 12.6. The Balaban J connectivity index is 1.38. The monoisotopic (exact) mass is 382 g/mol. The van der Waals surface area contributed by atoms with Crippen LogP contribution >= 0.6 is 11.3 Å². The van der Waals surface area contributed by atoms with E-state index in [-0.39, 0.29) is 23.3 Å². The molecule has 0 unspecified atom stereocenters. The van der Waals surface area contributed by atoms with Crippen molar-refractivity contribution >= 4 is 23.2 Å². The summed E-state index contributed by atoms with van der Waals surface area (Å²) in [7, 11) is 0. The Bertz CT molecular complexity index is 887. The highest BCUT2D eigenvalue weighted by Crippen LogP contribution is 2.57. The number of aromatic nitrogens is 1. The molecule has 7 heteroatoms. The third kappa shape index (κ3) is 3.37. The molecule has 3 heterocycles. The van der Waals surface area contributed by atoms with E-state index in [1.165, 1.54) is 5.56 Å². The SMILES string of the molecule is CC(=O)N(Cc1ccsc1)[C@H]1CC12CCN(C(=O)c1c[nH]c(C#N)c1)CC2. The van der Waals surface area contributed by atoms with Crippen LogP contribution in [0.5, 0.6) is 0 Å². The number of H-pyrrole nitrogens is 1. The number of amides is 2. The number of aromatic amines is 1. The van der Waals surface area contributed by atoms with Crippen molar-refractivity contribution in [2.75, 3.05) is 13.1 Å². The van der Waals surface area contributed by atoms with Gasteiger partial charge in [-0.25, -0.2) is 0 Å². The Morgan fingerprint density at radius 3 is 2.81 bits per heavy atom. The number of hydrogen-bond acceptors (Lipinski definition) is 4. The van der Waals surface area contributed by atoms with Gasteiger partial charge in [-0.15, -0.1) is 0 Å². The van der Waals surface area contributed by atoms with Gasteiger partial charge in [0.1, 0.15) is 11.8 Å². The van der Waals surface area contributed by atoms with Crippen LogP contribution in [0.4, 0.5) is 0 Å². The van der Waals surface area contributed by atoms with Crippen LogP contribution in [-0.4, -0.2) is 45.7 Å². The second kappa shape index (κ2) is 6.86. The number of piperidine rings is 1. The lowest BCUT2D eigenvalue weighted by molar-refractivity contribution is -0.130. The van der Waals surface area contributed by atoms with Crippen molar-refractivity contribution < 1.29 is 9.59 Å². The van der Waals surface area contributed by atoms with Crippen LogP contribution in [0.1, 0.15) is 47.8 Å². The predicted octanol–water partition coefficient (Wildman–Crippen LogP) is 2.99. The molecule has 1 atom stereocenters. The summed E-state index contributed by atoms with van der Waals surface area (Å²) in [4.78, 5) is 31.5. The first kappa shape index (κ1) is 17.8. The predicted molar refractivity (Wildman–Crippen MR) is 102 cm³/mol. The van der Waals surface area contributed by atoms with Gasteiger partial charge in [0.05, 0.1) is 5.56 Å². The van der Waals surface area contributed by atoms with E-state index in [9.17, 15) is 9.59 Å². The number of thiophene rings is 1. The van der Waals surface area contributed by atoms with Crippen molar-refractivity contribution in [3.8, 4) is 6.07 Å². The zero-order chi connectivity index (χ0) is 19.0. The smallest absolute Gasteiger partial charge is 0.255 e. The maximum absolute atomic E-state index is 12.6. The van der Waals surface area contributed by atoms with E-state index >= 15 is 0 Å². The summed E-state index contributed by atoms with van der Waals surface area (Å²) in [5.74, 6) is 0.0967. The molecule has 4 rings (SSSR count). The van der Waals surface area contributed by atoms with Gasteiger partial charge in [-0.2, -0.15) is 16.6 Å². The van der Waals surface area contributed by atoms with Crippen molar-refractivity contribution in [3.05, 3.63) is 45.9 Å². The molecule has 2 amide bonds. The number of nitriles is 1. The summed E-state index contributed by atoms with van der Waals surface area (Å²) in [5.41, 5.74) is 2.29. The fourth-order valence-corrected chi connectivity index (χ4v) is 4.90. The molecule has 1 spiro atoms. The lowest BCUT2D eigenvalue weighted by Gasteiger charge is -2.34. The molecule has 1 saturated carbocycles. The van der Waals surface area contributed by atoms with E-state index in [0.29, 0.717) is 30.9 Å². The van der Waals surface area contributed by atoms with Crippen LogP contribution in [-0.2, 0) is 11.3 Å². The van der Waals surface area contributed by atoms with E-state index in [4.69, 9.17) is 5.26 Å². The average Bonchev–Trinajstić information content (AvgIpc) is 3.08. The molecule has 1 aliphatic heterocycles. The summed E-state index contributed by atoms with van der Waals surface area (Å²) in [5, 5.41) is 13.0. The fourth-order valence-electron chi connectivity index (χ4n) is 4.24. The molecule has 140 valence electrons. The van der Waals surface area contributed by atoms with E-state index in [0.717, 1.165) is 19.3 Å². The molecule has 2 aromatic heterocycles. The Morgan fingerprint density at radius 2 is 2.22 bits per heavy atom. The van der Waals surface area contributed by atoms with Gasteiger partial charge in [0.2, 0.25) is 5.91 Å². The molecule has 6 nitrogen and oxygen atoms in total. The minimum atomic E-state index is -0.0264. The second-order valence-electron chi connectivity index (χ2n) is 7.57. The number of nitrogens with zero attached hydrogens (tertiary/aromatic N) is 3. The standard InChI is InChI=1S/C20H22N4O2S/c1-14(25)24(12-15-2-7-27-13-15)18-9-20(18)3-5-23(6-4-20)19(26)16-8-17(10-21)22-11-16/h2,7-8,11,13,18,22H,3-6,9,12H2,1H3/t18-/m0/s1. The van der Waals surface area contributed by atoms with Gasteiger partial charge in [-0.3, -0.25) is 9.59 Å². The molecular formula is C20H22N4O2S. The number of rotatable bonds is 4. The van der Waals surface area contributed by atoms with Gasteiger partial charge in [0.25, 0.3) is 5.91 Å². The first-order valence-corrected chi connectivity index (χ1v) is 10.1. The van der Waals surface area contributed by atoms with Crippen LogP contribution in [0, 0.1) is 16.7 Å². The minimum absolute atomic E-state index is 0.0264. The van der Waals surface area contributed by atoms with Crippen molar-refractivity contribution in [1.29, 1.82) is 5.26 Å². The van der Waals surface area contributed by atoms with Gasteiger partial charge in [-0.1, -0.05) is 0 Å². The largest absolute Gasteiger partial charge is 0.352 e. The first-order valence-electron chi connectivity index (χ1n) is 9.18. The van der Waals surface area contributed by atoms with Crippen molar-refractivity contribution in [3.63, 3.8) is 0 Å². The van der Waals surface area contributed by atoms with Crippen molar-refractivity contribution in [1.82, 2.24) is 14.8 Å². The lowest BCUT2D eigenvalue weighted by atomic mass is 9.92. The Labute approximate surface area is 162 Å². The van der Waals surface area contributed by atoms with E-state index in [1.54, 1.807) is 30.5 Å². The highest BCUT2D eigenvalue weighted by Gasteiger charge is 2.58. The molecule has 1 aliphatic carbocycles. The van der Waals surface area contributed by atoms with Crippen LogP contribution < -0.4 is 0 Å². The molecule has 2 fully saturated rings. The molecule has 2 aromatic rings. The summed E-state index contributed by atoms with van der Waals surface area (Å²) in [6, 6.07) is 5.97. The molecule has 0 bridgehead atoms. The van der Waals surface area contributed by atoms with Gasteiger partial charge in [0.15, 0.2) is 0 Å². The summed E-state index contributed by atoms with van der Waals surface area (Å²) >= 11 is 1.65. The van der Waals surface area contributed by atoms with Gasteiger partial charge in [-0.05, 0) is 53.1 Å². The molecule has 0 aromatic carbocycles. The topological polar surface area (TPSA) is 80.2 Å². The summed E-state index contributed by atoms with van der Waals surface area (Å²) < 4.78 is 0. The molecule has 0 radical (unpaired) electrons. The van der Waals surface area contributed by atoms with Crippen LogP contribution in [0.25, 0.3) is 0 Å². The molecule has 2 aliphatic rings. The van der Waals surface area contributed by atoms with Gasteiger partial charge < -0.3 is 14.8 Å². The molecule has 1 N–H and O–H groups in total. The van der Waals surface area contributed by atoms with Crippen molar-refractivity contribution in [2.45, 2.75) is 38.8 Å². The summed E-state index contributed by atoms with van der Waals surface area (Å²) in [6.07, 6.45) is 4.48.